The molecule has 2 aromatic carbocycles. The Bertz CT molecular complexity index is 848. The van der Waals surface area contributed by atoms with Crippen LogP contribution in [-0.2, 0) is 11.2 Å². The molecule has 0 bridgehead atoms. The molecule has 2 aromatic rings. The lowest BCUT2D eigenvalue weighted by Gasteiger charge is -2.34. The summed E-state index contributed by atoms with van der Waals surface area (Å²) in [5.41, 5.74) is 3.75. The van der Waals surface area contributed by atoms with Crippen LogP contribution in [0, 0.1) is 6.92 Å². The molecule has 0 aliphatic carbocycles. The lowest BCUT2D eigenvalue weighted by Crippen LogP contribution is -3.16. The Morgan fingerprint density at radius 1 is 1.03 bits per heavy atom. The lowest BCUT2D eigenvalue weighted by atomic mass is 10.1. The molecule has 0 unspecified atom stereocenters. The van der Waals surface area contributed by atoms with E-state index in [1.54, 1.807) is 0 Å². The fourth-order valence-corrected chi connectivity index (χ4v) is 4.05. The van der Waals surface area contributed by atoms with Crippen molar-refractivity contribution >= 4 is 11.6 Å². The smallest absolute Gasteiger partial charge is 0.275 e. The van der Waals surface area contributed by atoms with Crippen LogP contribution in [0.2, 0.25) is 0 Å². The zero-order chi connectivity index (χ0) is 22.1. The van der Waals surface area contributed by atoms with Crippen LogP contribution in [0.4, 0.5) is 5.69 Å². The van der Waals surface area contributed by atoms with Crippen LogP contribution in [0.25, 0.3) is 0 Å². The highest BCUT2D eigenvalue weighted by Crippen LogP contribution is 2.28. The number of carbonyl (C=O) groups excluding carboxylic acids is 1. The molecule has 6 heteroatoms. The van der Waals surface area contributed by atoms with E-state index < -0.39 is 0 Å². The van der Waals surface area contributed by atoms with Crippen molar-refractivity contribution in [3.63, 3.8) is 0 Å². The molecule has 3 rings (SSSR count). The fraction of sp³-hybridized carbons (Fsp3) is 0.480. The number of para-hydroxylation sites is 1. The van der Waals surface area contributed by atoms with Crippen LogP contribution in [0.1, 0.15) is 25.0 Å². The second-order valence-corrected chi connectivity index (χ2v) is 7.95. The maximum atomic E-state index is 12.4. The number of hydrogen-bond donors (Lipinski definition) is 2. The summed E-state index contributed by atoms with van der Waals surface area (Å²) < 4.78 is 11.3. The highest BCUT2D eigenvalue weighted by molar-refractivity contribution is 5.76. The average Bonchev–Trinajstić information content (AvgIpc) is 2.77. The Morgan fingerprint density at radius 2 is 1.74 bits per heavy atom. The Morgan fingerprint density at radius 3 is 2.45 bits per heavy atom. The number of aryl methyl sites for hydroxylation is 1. The van der Waals surface area contributed by atoms with Crippen molar-refractivity contribution in [2.24, 2.45) is 0 Å². The second kappa shape index (κ2) is 11.6. The van der Waals surface area contributed by atoms with E-state index in [-0.39, 0.29) is 5.91 Å². The molecule has 0 radical (unpaired) electrons. The first-order valence-corrected chi connectivity index (χ1v) is 11.4. The SMILES string of the molecule is CCOc1ccc(CCNC(=O)C[NH+]2CCN(c3ccccc3C)CC2)cc1OCC. The molecule has 6 nitrogen and oxygen atoms in total. The van der Waals surface area contributed by atoms with Crippen LogP contribution in [-0.4, -0.2) is 58.4 Å². The molecule has 0 atom stereocenters. The predicted molar refractivity (Wildman–Crippen MR) is 124 cm³/mol. The molecule has 2 N–H and O–H groups in total. The first-order valence-electron chi connectivity index (χ1n) is 11.4. The quantitative estimate of drug-likeness (QED) is 0.609. The Labute approximate surface area is 186 Å². The fourth-order valence-electron chi connectivity index (χ4n) is 4.05. The molecule has 1 aliphatic rings. The highest BCUT2D eigenvalue weighted by Gasteiger charge is 2.22. The van der Waals surface area contributed by atoms with Gasteiger partial charge in [-0.1, -0.05) is 24.3 Å². The zero-order valence-electron chi connectivity index (χ0n) is 19.1. The van der Waals surface area contributed by atoms with Gasteiger partial charge < -0.3 is 24.6 Å². The van der Waals surface area contributed by atoms with Gasteiger partial charge >= 0.3 is 0 Å². The molecule has 1 aliphatic heterocycles. The first kappa shape index (κ1) is 22.9. The molecule has 168 valence electrons. The number of ether oxygens (including phenoxy) is 2. The maximum absolute atomic E-state index is 12.4. The van der Waals surface area contributed by atoms with Crippen molar-refractivity contribution in [2.75, 3.05) is 57.4 Å². The van der Waals surface area contributed by atoms with E-state index in [0.29, 0.717) is 26.3 Å². The molecule has 1 amide bonds. The zero-order valence-corrected chi connectivity index (χ0v) is 19.1. The summed E-state index contributed by atoms with van der Waals surface area (Å²) in [7, 11) is 0. The molecule has 1 fully saturated rings. The van der Waals surface area contributed by atoms with E-state index in [1.807, 2.05) is 32.0 Å². The number of benzene rings is 2. The van der Waals surface area contributed by atoms with Crippen molar-refractivity contribution in [3.8, 4) is 11.5 Å². The standard InChI is InChI=1S/C25H35N3O3/c1-4-30-23-11-10-21(18-24(23)31-5-2)12-13-26-25(29)19-27-14-16-28(17-15-27)22-9-7-6-8-20(22)3/h6-11,18H,4-5,12-17,19H2,1-3H3,(H,26,29)/p+1. The largest absolute Gasteiger partial charge is 0.490 e. The van der Waals surface area contributed by atoms with Crippen LogP contribution in [0.5, 0.6) is 11.5 Å². The van der Waals surface area contributed by atoms with E-state index in [0.717, 1.165) is 49.7 Å². The number of piperazine rings is 1. The van der Waals surface area contributed by atoms with Gasteiger partial charge in [-0.2, -0.15) is 0 Å². The monoisotopic (exact) mass is 426 g/mol. The van der Waals surface area contributed by atoms with Gasteiger partial charge in [0.15, 0.2) is 18.0 Å². The summed E-state index contributed by atoms with van der Waals surface area (Å²) in [6, 6.07) is 14.5. The van der Waals surface area contributed by atoms with E-state index in [9.17, 15) is 4.79 Å². The average molecular weight is 427 g/mol. The summed E-state index contributed by atoms with van der Waals surface area (Å²) in [5.74, 6) is 1.66. The highest BCUT2D eigenvalue weighted by atomic mass is 16.5. The lowest BCUT2D eigenvalue weighted by molar-refractivity contribution is -0.892. The van der Waals surface area contributed by atoms with Crippen molar-refractivity contribution in [2.45, 2.75) is 27.2 Å². The Hall–Kier alpha value is -2.73. The normalized spacial score (nSPS) is 14.4. The molecule has 1 saturated heterocycles. The number of hydrogen-bond acceptors (Lipinski definition) is 4. The minimum absolute atomic E-state index is 0.121. The van der Waals surface area contributed by atoms with Crippen molar-refractivity contribution < 1.29 is 19.2 Å². The molecular weight excluding hydrogens is 390 g/mol. The number of carbonyl (C=O) groups is 1. The molecular formula is C25H36N3O3+. The maximum Gasteiger partial charge on any atom is 0.275 e. The van der Waals surface area contributed by atoms with Crippen LogP contribution >= 0.6 is 0 Å². The van der Waals surface area contributed by atoms with Crippen molar-refractivity contribution in [3.05, 3.63) is 53.6 Å². The summed E-state index contributed by atoms with van der Waals surface area (Å²) in [5, 5.41) is 3.08. The third-order valence-corrected chi connectivity index (χ3v) is 5.68. The minimum atomic E-state index is 0.121. The molecule has 0 saturated carbocycles. The molecule has 31 heavy (non-hydrogen) atoms. The summed E-state index contributed by atoms with van der Waals surface area (Å²) in [6.07, 6.45) is 0.772. The second-order valence-electron chi connectivity index (χ2n) is 7.95. The molecule has 0 aromatic heterocycles. The van der Waals surface area contributed by atoms with Gasteiger partial charge in [-0.3, -0.25) is 4.79 Å². The van der Waals surface area contributed by atoms with E-state index in [1.165, 1.54) is 16.2 Å². The minimum Gasteiger partial charge on any atom is -0.490 e. The van der Waals surface area contributed by atoms with Crippen molar-refractivity contribution in [1.82, 2.24) is 5.32 Å². The number of amides is 1. The number of nitrogens with zero attached hydrogens (tertiary/aromatic N) is 1. The first-order chi connectivity index (χ1) is 15.1. The van der Waals surface area contributed by atoms with Gasteiger partial charge in [0.05, 0.1) is 39.4 Å². The van der Waals surface area contributed by atoms with Gasteiger partial charge in [0.1, 0.15) is 0 Å². The predicted octanol–water partition coefficient (Wildman–Crippen LogP) is 1.86. The van der Waals surface area contributed by atoms with E-state index in [2.05, 4.69) is 41.4 Å². The topological polar surface area (TPSA) is 55.2 Å². The third-order valence-electron chi connectivity index (χ3n) is 5.68. The Balaban J connectivity index is 1.41. The summed E-state index contributed by atoms with van der Waals surface area (Å²) >= 11 is 0. The third kappa shape index (κ3) is 6.62. The Kier molecular flexibility index (Phi) is 8.59. The van der Waals surface area contributed by atoms with Gasteiger partial charge in [-0.15, -0.1) is 0 Å². The van der Waals surface area contributed by atoms with Crippen molar-refractivity contribution in [1.29, 1.82) is 0 Å². The van der Waals surface area contributed by atoms with E-state index >= 15 is 0 Å². The summed E-state index contributed by atoms with van der Waals surface area (Å²) in [6.45, 7) is 12.4. The van der Waals surface area contributed by atoms with Gasteiger partial charge in [0.25, 0.3) is 5.91 Å². The number of anilines is 1. The van der Waals surface area contributed by atoms with Gasteiger partial charge in [0.2, 0.25) is 0 Å². The van der Waals surface area contributed by atoms with Gasteiger partial charge in [-0.05, 0) is 56.5 Å². The van der Waals surface area contributed by atoms with Gasteiger partial charge in [0, 0.05) is 12.2 Å². The van der Waals surface area contributed by atoms with Crippen LogP contribution < -0.4 is 24.6 Å². The summed E-state index contributed by atoms with van der Waals surface area (Å²) in [4.78, 5) is 16.2. The van der Waals surface area contributed by atoms with E-state index in [4.69, 9.17) is 9.47 Å². The van der Waals surface area contributed by atoms with Gasteiger partial charge in [-0.25, -0.2) is 0 Å². The molecule has 1 heterocycles. The number of nitrogens with one attached hydrogen (secondary N) is 2. The molecule has 0 spiro atoms. The van der Waals surface area contributed by atoms with Crippen LogP contribution in [0.3, 0.4) is 0 Å². The van der Waals surface area contributed by atoms with Crippen LogP contribution in [0.15, 0.2) is 42.5 Å². The number of rotatable bonds is 10. The number of quaternary nitrogens is 1.